The van der Waals surface area contributed by atoms with E-state index in [2.05, 4.69) is 5.32 Å². The number of nitrogens with one attached hydrogen (secondary N) is 1. The van der Waals surface area contributed by atoms with Gasteiger partial charge in [-0.25, -0.2) is 0 Å². The lowest BCUT2D eigenvalue weighted by Gasteiger charge is -1.97. The zero-order chi connectivity index (χ0) is 9.26. The van der Waals surface area contributed by atoms with Gasteiger partial charge >= 0.3 is 0 Å². The Morgan fingerprint density at radius 3 is 3.23 bits per heavy atom. The molecule has 2 rings (SSSR count). The van der Waals surface area contributed by atoms with E-state index in [0.717, 1.165) is 22.9 Å². The Balaban J connectivity index is 2.32. The molecule has 0 radical (unpaired) electrons. The number of hydrogen-bond acceptors (Lipinski definition) is 4. The van der Waals surface area contributed by atoms with Crippen LogP contribution in [-0.2, 0) is 0 Å². The molecular formula is C9H11NOS2. The molecule has 2 nitrogen and oxygen atoms in total. The van der Waals surface area contributed by atoms with Gasteiger partial charge in [0, 0.05) is 12.3 Å². The summed E-state index contributed by atoms with van der Waals surface area (Å²) in [5.41, 5.74) is 1.15. The van der Waals surface area contributed by atoms with Gasteiger partial charge in [0.25, 0.3) is 0 Å². The van der Waals surface area contributed by atoms with E-state index in [1.54, 1.807) is 18.3 Å². The molecule has 13 heavy (non-hydrogen) atoms. The molecule has 0 saturated carbocycles. The summed E-state index contributed by atoms with van der Waals surface area (Å²) >= 11 is 3.46. The maximum absolute atomic E-state index is 11.1. The number of anilines is 1. The molecular weight excluding hydrogens is 202 g/mol. The van der Waals surface area contributed by atoms with E-state index in [-0.39, 0.29) is 5.78 Å². The van der Waals surface area contributed by atoms with Gasteiger partial charge in [-0.05, 0) is 19.4 Å². The molecule has 2 heterocycles. The number of Topliss-reactive ketones (excluding diaryl/α,β-unsaturated/α-hetero) is 1. The number of thioether (sulfide) groups is 1. The molecule has 1 aromatic rings. The lowest BCUT2D eigenvalue weighted by molar-refractivity contribution is 0.102. The Kier molecular flexibility index (Phi) is 2.60. The molecule has 0 atom stereocenters. The number of ketones is 1. The second kappa shape index (κ2) is 3.72. The molecule has 1 aliphatic heterocycles. The Labute approximate surface area is 85.7 Å². The van der Waals surface area contributed by atoms with Crippen molar-refractivity contribution < 1.29 is 4.79 Å². The predicted molar refractivity (Wildman–Crippen MR) is 58.2 cm³/mol. The van der Waals surface area contributed by atoms with Crippen molar-refractivity contribution in [2.24, 2.45) is 0 Å². The third-order valence-electron chi connectivity index (χ3n) is 1.91. The molecule has 0 aliphatic carbocycles. The predicted octanol–water partition coefficient (Wildman–Crippen LogP) is 2.86. The highest BCUT2D eigenvalue weighted by molar-refractivity contribution is 8.01. The van der Waals surface area contributed by atoms with Crippen LogP contribution in [-0.4, -0.2) is 18.1 Å². The first-order chi connectivity index (χ1) is 6.27. The van der Waals surface area contributed by atoms with Crippen molar-refractivity contribution in [3.05, 3.63) is 10.9 Å². The van der Waals surface area contributed by atoms with Crippen LogP contribution in [0.3, 0.4) is 0 Å². The Hall–Kier alpha value is -0.480. The van der Waals surface area contributed by atoms with E-state index >= 15 is 0 Å². The van der Waals surface area contributed by atoms with Crippen LogP contribution >= 0.6 is 23.1 Å². The van der Waals surface area contributed by atoms with Crippen molar-refractivity contribution in [1.82, 2.24) is 0 Å². The molecule has 0 aromatic carbocycles. The number of thiophene rings is 1. The van der Waals surface area contributed by atoms with Gasteiger partial charge in [-0.15, -0.1) is 23.1 Å². The molecule has 0 fully saturated rings. The van der Waals surface area contributed by atoms with Crippen LogP contribution in [0.1, 0.15) is 23.0 Å². The third-order valence-corrected chi connectivity index (χ3v) is 4.52. The number of carbonyl (C=O) groups excluding carboxylic acids is 1. The fourth-order valence-electron chi connectivity index (χ4n) is 1.24. The zero-order valence-corrected chi connectivity index (χ0v) is 9.06. The van der Waals surface area contributed by atoms with Gasteiger partial charge in [-0.1, -0.05) is 0 Å². The molecule has 70 valence electrons. The SMILES string of the molecule is CC(=O)c1cc2c(s1)SCCCN2. The molecule has 4 heteroatoms. The zero-order valence-electron chi connectivity index (χ0n) is 7.42. The van der Waals surface area contributed by atoms with E-state index < -0.39 is 0 Å². The minimum absolute atomic E-state index is 0.167. The third kappa shape index (κ3) is 1.89. The Bertz CT molecular complexity index is 309. The van der Waals surface area contributed by atoms with Crippen LogP contribution in [0, 0.1) is 0 Å². The normalized spacial score (nSPS) is 15.8. The molecule has 0 bridgehead atoms. The summed E-state index contributed by atoms with van der Waals surface area (Å²) in [7, 11) is 0. The van der Waals surface area contributed by atoms with Crippen LogP contribution in [0.25, 0.3) is 0 Å². The fourth-order valence-corrected chi connectivity index (χ4v) is 3.52. The van der Waals surface area contributed by atoms with Crippen molar-refractivity contribution in [3.8, 4) is 0 Å². The number of rotatable bonds is 1. The standard InChI is InChI=1S/C9H11NOS2/c1-6(11)8-5-7-9(13-8)12-4-2-3-10-7/h5,10H,2-4H2,1H3. The van der Waals surface area contributed by atoms with Gasteiger partial charge in [0.1, 0.15) is 0 Å². The highest BCUT2D eigenvalue weighted by Crippen LogP contribution is 2.38. The minimum Gasteiger partial charge on any atom is -0.383 e. The van der Waals surface area contributed by atoms with Crippen LogP contribution in [0.4, 0.5) is 5.69 Å². The maximum atomic E-state index is 11.1. The number of carbonyl (C=O) groups is 1. The Morgan fingerprint density at radius 2 is 2.46 bits per heavy atom. The average molecular weight is 213 g/mol. The van der Waals surface area contributed by atoms with Gasteiger partial charge in [-0.2, -0.15) is 0 Å². The van der Waals surface area contributed by atoms with Gasteiger partial charge in [0.15, 0.2) is 5.78 Å². The lowest BCUT2D eigenvalue weighted by atomic mass is 10.3. The van der Waals surface area contributed by atoms with E-state index in [1.165, 1.54) is 10.6 Å². The largest absolute Gasteiger partial charge is 0.383 e. The summed E-state index contributed by atoms with van der Waals surface area (Å²) in [5.74, 6) is 1.32. The van der Waals surface area contributed by atoms with Crippen LogP contribution < -0.4 is 5.32 Å². The summed E-state index contributed by atoms with van der Waals surface area (Å²) in [4.78, 5) is 12.0. The van der Waals surface area contributed by atoms with Gasteiger partial charge in [0.2, 0.25) is 0 Å². The molecule has 0 amide bonds. The minimum atomic E-state index is 0.167. The fraction of sp³-hybridized carbons (Fsp3) is 0.444. The van der Waals surface area contributed by atoms with Crippen molar-refractivity contribution in [3.63, 3.8) is 0 Å². The van der Waals surface area contributed by atoms with Gasteiger partial charge in [0.05, 0.1) is 14.8 Å². The highest BCUT2D eigenvalue weighted by Gasteiger charge is 2.13. The quantitative estimate of drug-likeness (QED) is 0.727. The first-order valence-electron chi connectivity index (χ1n) is 4.29. The van der Waals surface area contributed by atoms with Gasteiger partial charge < -0.3 is 5.32 Å². The second-order valence-electron chi connectivity index (χ2n) is 3.00. The van der Waals surface area contributed by atoms with E-state index in [0.29, 0.717) is 0 Å². The van der Waals surface area contributed by atoms with Crippen LogP contribution in [0.15, 0.2) is 10.3 Å². The average Bonchev–Trinajstić information content (AvgIpc) is 2.38. The first kappa shape index (κ1) is 9.09. The smallest absolute Gasteiger partial charge is 0.169 e. The Morgan fingerprint density at radius 1 is 1.62 bits per heavy atom. The first-order valence-corrected chi connectivity index (χ1v) is 6.09. The van der Waals surface area contributed by atoms with Crippen molar-refractivity contribution in [1.29, 1.82) is 0 Å². The van der Waals surface area contributed by atoms with Crippen molar-refractivity contribution >= 4 is 34.6 Å². The van der Waals surface area contributed by atoms with Crippen molar-refractivity contribution in [2.75, 3.05) is 17.6 Å². The van der Waals surface area contributed by atoms with E-state index in [4.69, 9.17) is 0 Å². The molecule has 0 unspecified atom stereocenters. The van der Waals surface area contributed by atoms with Gasteiger partial charge in [-0.3, -0.25) is 4.79 Å². The van der Waals surface area contributed by atoms with Crippen molar-refractivity contribution in [2.45, 2.75) is 17.6 Å². The van der Waals surface area contributed by atoms with Crippen LogP contribution in [0.2, 0.25) is 0 Å². The topological polar surface area (TPSA) is 29.1 Å². The lowest BCUT2D eigenvalue weighted by Crippen LogP contribution is -1.98. The van der Waals surface area contributed by atoms with E-state index in [9.17, 15) is 4.79 Å². The van der Waals surface area contributed by atoms with Crippen LogP contribution in [0.5, 0.6) is 0 Å². The summed E-state index contributed by atoms with van der Waals surface area (Å²) in [6.45, 7) is 2.64. The monoisotopic (exact) mass is 213 g/mol. The molecule has 0 spiro atoms. The highest BCUT2D eigenvalue weighted by atomic mass is 32.2. The summed E-state index contributed by atoms with van der Waals surface area (Å²) < 4.78 is 1.27. The molecule has 0 saturated heterocycles. The summed E-state index contributed by atoms with van der Waals surface area (Å²) in [6, 6.07) is 1.97. The second-order valence-corrected chi connectivity index (χ2v) is 5.41. The summed E-state index contributed by atoms with van der Waals surface area (Å²) in [5, 5.41) is 3.34. The maximum Gasteiger partial charge on any atom is 0.169 e. The summed E-state index contributed by atoms with van der Waals surface area (Å²) in [6.07, 6.45) is 1.20. The van der Waals surface area contributed by atoms with E-state index in [1.807, 2.05) is 17.8 Å². The molecule has 1 aliphatic rings. The number of hydrogen-bond donors (Lipinski definition) is 1. The molecule has 1 N–H and O–H groups in total. The molecule has 1 aromatic heterocycles. The number of fused-ring (bicyclic) bond motifs is 1.